The van der Waals surface area contributed by atoms with Gasteiger partial charge >= 0.3 is 0 Å². The zero-order valence-electron chi connectivity index (χ0n) is 20.2. The van der Waals surface area contributed by atoms with Gasteiger partial charge in [0, 0.05) is 37.0 Å². The number of aromatic nitrogens is 1. The van der Waals surface area contributed by atoms with Gasteiger partial charge in [0.2, 0.25) is 5.84 Å². The second kappa shape index (κ2) is 9.90. The van der Waals surface area contributed by atoms with Crippen LogP contribution in [-0.2, 0) is 11.3 Å². The number of para-hydroxylation sites is 1. The summed E-state index contributed by atoms with van der Waals surface area (Å²) < 4.78 is 0. The number of likely N-dealkylation sites (tertiary alicyclic amines) is 1. The summed E-state index contributed by atoms with van der Waals surface area (Å²) in [5.74, 6) is 6.24. The lowest BCUT2D eigenvalue weighted by Gasteiger charge is -2.39. The lowest BCUT2D eigenvalue weighted by atomic mass is 10.0. The SMILES string of the molecule is CC#CCN1C(C(=O)N(C)Cc2nc3ccccc3c3ccccc23)=NNC1N1CCCC(N)C1. The molecule has 1 amide bonds. The summed E-state index contributed by atoms with van der Waals surface area (Å²) in [5, 5.41) is 7.75. The fraction of sp³-hybridized carbons (Fsp3) is 0.370. The Bertz CT molecular complexity index is 1340. The number of fused-ring (bicyclic) bond motifs is 3. The summed E-state index contributed by atoms with van der Waals surface area (Å²) in [4.78, 5) is 24.4. The molecule has 0 spiro atoms. The fourth-order valence-electron chi connectivity index (χ4n) is 4.97. The van der Waals surface area contributed by atoms with Crippen molar-refractivity contribution in [3.63, 3.8) is 0 Å². The molecule has 8 nitrogen and oxygen atoms in total. The number of piperidine rings is 1. The summed E-state index contributed by atoms with van der Waals surface area (Å²) in [6.45, 7) is 4.25. The van der Waals surface area contributed by atoms with Crippen molar-refractivity contribution >= 4 is 33.4 Å². The number of hydrogen-bond acceptors (Lipinski definition) is 7. The number of nitrogens with two attached hydrogens (primary N) is 1. The van der Waals surface area contributed by atoms with Crippen LogP contribution in [0, 0.1) is 11.8 Å². The van der Waals surface area contributed by atoms with Gasteiger partial charge in [-0.2, -0.15) is 5.10 Å². The minimum Gasteiger partial charge on any atom is -0.333 e. The summed E-state index contributed by atoms with van der Waals surface area (Å²) in [6.07, 6.45) is 1.81. The largest absolute Gasteiger partial charge is 0.333 e. The maximum Gasteiger partial charge on any atom is 0.291 e. The highest BCUT2D eigenvalue weighted by Crippen LogP contribution is 2.27. The van der Waals surface area contributed by atoms with E-state index in [2.05, 4.69) is 45.5 Å². The van der Waals surface area contributed by atoms with Crippen LogP contribution < -0.4 is 11.2 Å². The molecule has 180 valence electrons. The maximum atomic E-state index is 13.6. The zero-order valence-corrected chi connectivity index (χ0v) is 20.2. The third kappa shape index (κ3) is 4.53. The average molecular weight is 470 g/mol. The normalized spacial score (nSPS) is 20.3. The second-order valence-corrected chi connectivity index (χ2v) is 9.17. The Balaban J connectivity index is 1.40. The van der Waals surface area contributed by atoms with E-state index in [1.165, 1.54) is 0 Å². The highest BCUT2D eigenvalue weighted by molar-refractivity contribution is 6.38. The minimum atomic E-state index is -0.228. The number of carbonyl (C=O) groups excluding carboxylic acids is 1. The van der Waals surface area contributed by atoms with E-state index in [0.717, 1.165) is 53.3 Å². The highest BCUT2D eigenvalue weighted by atomic mass is 16.2. The number of rotatable bonds is 5. The molecular weight excluding hydrogens is 438 g/mol. The van der Waals surface area contributed by atoms with E-state index in [1.54, 1.807) is 18.9 Å². The zero-order chi connectivity index (χ0) is 24.4. The van der Waals surface area contributed by atoms with Gasteiger partial charge in [0.1, 0.15) is 0 Å². The third-order valence-electron chi connectivity index (χ3n) is 6.73. The van der Waals surface area contributed by atoms with Crippen molar-refractivity contribution in [1.29, 1.82) is 0 Å². The van der Waals surface area contributed by atoms with Gasteiger partial charge < -0.3 is 15.5 Å². The smallest absolute Gasteiger partial charge is 0.291 e. The van der Waals surface area contributed by atoms with Gasteiger partial charge in [-0.05, 0) is 31.2 Å². The number of carbonyl (C=O) groups is 1. The number of benzene rings is 2. The van der Waals surface area contributed by atoms with Crippen molar-refractivity contribution < 1.29 is 4.79 Å². The molecule has 2 aromatic carbocycles. The molecule has 2 unspecified atom stereocenters. The van der Waals surface area contributed by atoms with E-state index in [9.17, 15) is 4.79 Å². The van der Waals surface area contributed by atoms with E-state index in [4.69, 9.17) is 10.7 Å². The van der Waals surface area contributed by atoms with Gasteiger partial charge in [-0.1, -0.05) is 48.4 Å². The monoisotopic (exact) mass is 469 g/mol. The van der Waals surface area contributed by atoms with Crippen LogP contribution in [-0.4, -0.2) is 70.4 Å². The van der Waals surface area contributed by atoms with Crippen LogP contribution in [0.5, 0.6) is 0 Å². The molecule has 1 fully saturated rings. The first-order valence-electron chi connectivity index (χ1n) is 12.1. The third-order valence-corrected chi connectivity index (χ3v) is 6.73. The van der Waals surface area contributed by atoms with Gasteiger partial charge in [-0.3, -0.25) is 20.1 Å². The number of nitrogens with one attached hydrogen (secondary N) is 1. The topological polar surface area (TPSA) is 90.1 Å². The predicted octanol–water partition coefficient (Wildman–Crippen LogP) is 2.30. The van der Waals surface area contributed by atoms with Crippen molar-refractivity contribution in [3.05, 3.63) is 54.2 Å². The fourth-order valence-corrected chi connectivity index (χ4v) is 4.97. The molecule has 3 N–H and O–H groups in total. The van der Waals surface area contributed by atoms with Crippen LogP contribution in [0.3, 0.4) is 0 Å². The Hall–Kier alpha value is -3.67. The van der Waals surface area contributed by atoms with Crippen LogP contribution in [0.1, 0.15) is 25.5 Å². The molecule has 0 radical (unpaired) electrons. The first-order chi connectivity index (χ1) is 17.1. The van der Waals surface area contributed by atoms with Crippen LogP contribution in [0.25, 0.3) is 21.7 Å². The first kappa shape index (κ1) is 23.1. The number of pyridine rings is 1. The molecule has 1 saturated heterocycles. The van der Waals surface area contributed by atoms with Crippen LogP contribution in [0.4, 0.5) is 0 Å². The summed E-state index contributed by atoms with van der Waals surface area (Å²) >= 11 is 0. The molecule has 8 heteroatoms. The molecule has 5 rings (SSSR count). The first-order valence-corrected chi connectivity index (χ1v) is 12.1. The molecular formula is C27H31N7O. The van der Waals surface area contributed by atoms with E-state index >= 15 is 0 Å². The standard InChI is InChI=1S/C27H31N7O/c1-3-4-16-34-25(30-31-27(34)33-15-9-10-19(28)17-33)26(35)32(2)18-24-22-13-6-5-11-20(22)21-12-7-8-14-23(21)29-24/h5-8,11-14,19,27,31H,9-10,15-18,28H2,1-2H3. The number of hydrazone groups is 1. The van der Waals surface area contributed by atoms with Crippen LogP contribution >= 0.6 is 0 Å². The molecule has 3 aromatic rings. The summed E-state index contributed by atoms with van der Waals surface area (Å²) in [5.41, 5.74) is 11.2. The Kier molecular flexibility index (Phi) is 6.53. The van der Waals surface area contributed by atoms with Crippen LogP contribution in [0.15, 0.2) is 53.6 Å². The lowest BCUT2D eigenvalue weighted by Crippen LogP contribution is -2.58. The van der Waals surface area contributed by atoms with E-state index < -0.39 is 0 Å². The second-order valence-electron chi connectivity index (χ2n) is 9.17. The molecule has 2 aliphatic rings. The van der Waals surface area contributed by atoms with E-state index in [1.807, 2.05) is 35.2 Å². The molecule has 35 heavy (non-hydrogen) atoms. The predicted molar refractivity (Wildman–Crippen MR) is 139 cm³/mol. The molecule has 1 aromatic heterocycles. The number of nitrogens with zero attached hydrogens (tertiary/aromatic N) is 5. The van der Waals surface area contributed by atoms with Crippen molar-refractivity contribution in [2.75, 3.05) is 26.7 Å². The lowest BCUT2D eigenvalue weighted by molar-refractivity contribution is -0.124. The van der Waals surface area contributed by atoms with Gasteiger partial charge in [0.05, 0.1) is 24.3 Å². The van der Waals surface area contributed by atoms with Crippen molar-refractivity contribution in [3.8, 4) is 11.8 Å². The van der Waals surface area contributed by atoms with E-state index in [0.29, 0.717) is 18.9 Å². The van der Waals surface area contributed by atoms with E-state index in [-0.39, 0.29) is 18.2 Å². The average Bonchev–Trinajstić information content (AvgIpc) is 3.31. The Labute approximate surface area is 205 Å². The summed E-state index contributed by atoms with van der Waals surface area (Å²) in [7, 11) is 1.80. The molecule has 3 heterocycles. The molecule has 0 aliphatic carbocycles. The Morgan fingerprint density at radius 2 is 1.91 bits per heavy atom. The molecule has 0 saturated carbocycles. The summed E-state index contributed by atoms with van der Waals surface area (Å²) in [6, 6.07) is 16.4. The van der Waals surface area contributed by atoms with Gasteiger partial charge in [0.15, 0.2) is 6.29 Å². The number of hydrogen-bond donors (Lipinski definition) is 2. The van der Waals surface area contributed by atoms with Gasteiger partial charge in [-0.25, -0.2) is 0 Å². The molecule has 2 atom stereocenters. The molecule has 0 bridgehead atoms. The van der Waals surface area contributed by atoms with Crippen LogP contribution in [0.2, 0.25) is 0 Å². The van der Waals surface area contributed by atoms with Gasteiger partial charge in [0.25, 0.3) is 5.91 Å². The van der Waals surface area contributed by atoms with Crippen molar-refractivity contribution in [1.82, 2.24) is 25.1 Å². The minimum absolute atomic E-state index is 0.124. The highest BCUT2D eigenvalue weighted by Gasteiger charge is 2.38. The number of amides is 1. The van der Waals surface area contributed by atoms with Gasteiger partial charge in [-0.15, -0.1) is 5.92 Å². The maximum absolute atomic E-state index is 13.6. The number of likely N-dealkylation sites (N-methyl/N-ethyl adjacent to an activating group) is 1. The number of amidine groups is 1. The van der Waals surface area contributed by atoms with Crippen molar-refractivity contribution in [2.45, 2.75) is 38.6 Å². The Morgan fingerprint density at radius 1 is 1.17 bits per heavy atom. The van der Waals surface area contributed by atoms with Crippen molar-refractivity contribution in [2.24, 2.45) is 10.8 Å². The molecule has 2 aliphatic heterocycles. The quantitative estimate of drug-likeness (QED) is 0.440. The Morgan fingerprint density at radius 3 is 2.69 bits per heavy atom.